The zero-order valence-corrected chi connectivity index (χ0v) is 18.8. The number of alkyl carbamates (subject to hydrolysis) is 1. The maximum absolute atomic E-state index is 11.8. The van der Waals surface area contributed by atoms with Gasteiger partial charge in [-0.1, -0.05) is 12.8 Å². The first-order valence-corrected chi connectivity index (χ1v) is 10.9. The molecule has 1 heterocycles. The molecule has 1 aliphatic rings. The molecule has 1 fully saturated rings. The van der Waals surface area contributed by atoms with Gasteiger partial charge in [-0.05, 0) is 46.5 Å². The van der Waals surface area contributed by atoms with Gasteiger partial charge in [0, 0.05) is 38.8 Å². The lowest BCUT2D eigenvalue weighted by molar-refractivity contribution is -0.197. The molecule has 0 saturated carbocycles. The van der Waals surface area contributed by atoms with Crippen LogP contribution in [0.3, 0.4) is 0 Å². The molecule has 1 rings (SSSR count). The third kappa shape index (κ3) is 12.6. The van der Waals surface area contributed by atoms with Crippen molar-refractivity contribution >= 4 is 29.8 Å². The van der Waals surface area contributed by atoms with Gasteiger partial charge in [-0.25, -0.2) is 9.59 Å². The van der Waals surface area contributed by atoms with Crippen molar-refractivity contribution in [3.05, 3.63) is 0 Å². The van der Waals surface area contributed by atoms with Crippen LogP contribution in [-0.2, 0) is 28.8 Å². The summed E-state index contributed by atoms with van der Waals surface area (Å²) < 4.78 is 5.14. The number of nitrogens with one attached hydrogen (secondary N) is 2. The fourth-order valence-corrected chi connectivity index (χ4v) is 2.78. The van der Waals surface area contributed by atoms with Gasteiger partial charge in [0.05, 0.1) is 0 Å². The van der Waals surface area contributed by atoms with Crippen molar-refractivity contribution in [1.29, 1.82) is 0 Å². The van der Waals surface area contributed by atoms with E-state index in [9.17, 15) is 24.0 Å². The van der Waals surface area contributed by atoms with Crippen molar-refractivity contribution in [2.24, 2.45) is 0 Å². The fraction of sp³-hybridized carbons (Fsp3) is 0.762. The van der Waals surface area contributed by atoms with E-state index in [-0.39, 0.29) is 25.2 Å². The molecule has 176 valence electrons. The molecular weight excluding hydrogens is 406 g/mol. The summed E-state index contributed by atoms with van der Waals surface area (Å²) in [5, 5.41) is 6.07. The van der Waals surface area contributed by atoms with Crippen LogP contribution in [0.2, 0.25) is 0 Å². The van der Waals surface area contributed by atoms with Crippen LogP contribution in [0, 0.1) is 0 Å². The SMILES string of the molecule is CC(C)(C)OC(=O)NCCCCCC(=O)NCCCCCC(=O)ON1C(=O)CCC1=O. The molecule has 10 nitrogen and oxygen atoms in total. The molecule has 0 spiro atoms. The van der Waals surface area contributed by atoms with Gasteiger partial charge in [-0.2, -0.15) is 0 Å². The minimum absolute atomic E-state index is 0.0226. The lowest BCUT2D eigenvalue weighted by Gasteiger charge is -2.19. The number of amides is 4. The Balaban J connectivity index is 1.93. The third-order valence-corrected chi connectivity index (χ3v) is 4.33. The molecule has 0 radical (unpaired) electrons. The summed E-state index contributed by atoms with van der Waals surface area (Å²) in [5.41, 5.74) is -0.514. The van der Waals surface area contributed by atoms with Crippen molar-refractivity contribution in [1.82, 2.24) is 15.7 Å². The number of hydrogen-bond acceptors (Lipinski definition) is 7. The number of carbonyl (C=O) groups excluding carboxylic acids is 5. The second kappa shape index (κ2) is 13.6. The van der Waals surface area contributed by atoms with Crippen LogP contribution in [0.25, 0.3) is 0 Å². The Kier molecular flexibility index (Phi) is 11.6. The molecule has 0 aromatic carbocycles. The first-order valence-electron chi connectivity index (χ1n) is 10.9. The first-order chi connectivity index (χ1) is 14.6. The van der Waals surface area contributed by atoms with E-state index in [0.717, 1.165) is 25.7 Å². The molecular formula is C21H35N3O7. The number of hydrogen-bond donors (Lipinski definition) is 2. The van der Waals surface area contributed by atoms with Gasteiger partial charge in [0.25, 0.3) is 11.8 Å². The number of rotatable bonds is 13. The summed E-state index contributed by atoms with van der Waals surface area (Å²) in [6.07, 6.45) is 4.59. The Labute approximate surface area is 183 Å². The zero-order chi connectivity index (χ0) is 23.3. The van der Waals surface area contributed by atoms with Gasteiger partial charge >= 0.3 is 12.1 Å². The molecule has 0 aromatic heterocycles. The van der Waals surface area contributed by atoms with Gasteiger partial charge in [0.15, 0.2) is 0 Å². The number of unbranched alkanes of at least 4 members (excludes halogenated alkanes) is 4. The Morgan fingerprint density at radius 3 is 1.97 bits per heavy atom. The van der Waals surface area contributed by atoms with E-state index >= 15 is 0 Å². The van der Waals surface area contributed by atoms with Gasteiger partial charge in [0.2, 0.25) is 5.91 Å². The number of imide groups is 1. The van der Waals surface area contributed by atoms with Crippen molar-refractivity contribution in [2.75, 3.05) is 13.1 Å². The molecule has 0 atom stereocenters. The zero-order valence-electron chi connectivity index (χ0n) is 18.8. The summed E-state index contributed by atoms with van der Waals surface area (Å²) in [5.74, 6) is -1.60. The lowest BCUT2D eigenvalue weighted by atomic mass is 10.1. The van der Waals surface area contributed by atoms with Gasteiger partial charge in [-0.15, -0.1) is 5.06 Å². The predicted molar refractivity (Wildman–Crippen MR) is 111 cm³/mol. The van der Waals surface area contributed by atoms with Crippen LogP contribution in [-0.4, -0.2) is 53.5 Å². The Morgan fingerprint density at radius 1 is 0.839 bits per heavy atom. The summed E-state index contributed by atoms with van der Waals surface area (Å²) in [6, 6.07) is 0. The average Bonchev–Trinajstić information content (AvgIpc) is 2.97. The number of carbonyl (C=O) groups is 5. The van der Waals surface area contributed by atoms with E-state index in [1.807, 2.05) is 0 Å². The van der Waals surface area contributed by atoms with Crippen LogP contribution in [0.5, 0.6) is 0 Å². The predicted octanol–water partition coefficient (Wildman–Crippen LogP) is 2.36. The Bertz CT molecular complexity index is 627. The molecule has 0 aromatic rings. The van der Waals surface area contributed by atoms with Crippen molar-refractivity contribution in [3.8, 4) is 0 Å². The number of hydroxylamine groups is 2. The molecule has 2 N–H and O–H groups in total. The topological polar surface area (TPSA) is 131 Å². The summed E-state index contributed by atoms with van der Waals surface area (Å²) in [7, 11) is 0. The lowest BCUT2D eigenvalue weighted by Crippen LogP contribution is -2.33. The highest BCUT2D eigenvalue weighted by molar-refractivity contribution is 6.01. The largest absolute Gasteiger partial charge is 0.444 e. The fourth-order valence-electron chi connectivity index (χ4n) is 2.78. The van der Waals surface area contributed by atoms with Crippen molar-refractivity contribution < 1.29 is 33.5 Å². The summed E-state index contributed by atoms with van der Waals surface area (Å²) in [6.45, 7) is 6.46. The number of nitrogens with zero attached hydrogens (tertiary/aromatic N) is 1. The van der Waals surface area contributed by atoms with Crippen LogP contribution >= 0.6 is 0 Å². The minimum atomic E-state index is -0.603. The second-order valence-corrected chi connectivity index (χ2v) is 8.45. The highest BCUT2D eigenvalue weighted by atomic mass is 16.7. The van der Waals surface area contributed by atoms with Crippen LogP contribution in [0.1, 0.15) is 85.0 Å². The Morgan fingerprint density at radius 2 is 1.39 bits per heavy atom. The molecule has 31 heavy (non-hydrogen) atoms. The van der Waals surface area contributed by atoms with E-state index in [2.05, 4.69) is 10.6 Å². The van der Waals surface area contributed by atoms with Crippen LogP contribution in [0.4, 0.5) is 4.79 Å². The monoisotopic (exact) mass is 441 g/mol. The summed E-state index contributed by atoms with van der Waals surface area (Å²) >= 11 is 0. The van der Waals surface area contributed by atoms with Gasteiger partial charge in [-0.3, -0.25) is 14.4 Å². The molecule has 4 amide bonds. The smallest absolute Gasteiger partial charge is 0.407 e. The molecule has 1 saturated heterocycles. The maximum Gasteiger partial charge on any atom is 0.407 e. The average molecular weight is 442 g/mol. The maximum atomic E-state index is 11.8. The minimum Gasteiger partial charge on any atom is -0.444 e. The van der Waals surface area contributed by atoms with Gasteiger partial charge in [0.1, 0.15) is 5.60 Å². The van der Waals surface area contributed by atoms with Crippen molar-refractivity contribution in [3.63, 3.8) is 0 Å². The third-order valence-electron chi connectivity index (χ3n) is 4.33. The van der Waals surface area contributed by atoms with E-state index in [1.165, 1.54) is 0 Å². The van der Waals surface area contributed by atoms with E-state index in [1.54, 1.807) is 20.8 Å². The van der Waals surface area contributed by atoms with Crippen LogP contribution in [0.15, 0.2) is 0 Å². The first kappa shape index (κ1) is 26.4. The molecule has 0 bridgehead atoms. The molecule has 10 heteroatoms. The second-order valence-electron chi connectivity index (χ2n) is 8.45. The van der Waals surface area contributed by atoms with Crippen LogP contribution < -0.4 is 10.6 Å². The highest BCUT2D eigenvalue weighted by Gasteiger charge is 2.32. The van der Waals surface area contributed by atoms with Crippen molar-refractivity contribution in [2.45, 2.75) is 90.6 Å². The molecule has 0 unspecified atom stereocenters. The van der Waals surface area contributed by atoms with Gasteiger partial charge < -0.3 is 20.2 Å². The number of ether oxygens (including phenoxy) is 1. The Hall–Kier alpha value is -2.65. The quantitative estimate of drug-likeness (QED) is 0.331. The molecule has 0 aliphatic carbocycles. The van der Waals surface area contributed by atoms with E-state index in [0.29, 0.717) is 37.4 Å². The van der Waals surface area contributed by atoms with E-state index < -0.39 is 29.5 Å². The normalized spacial score (nSPS) is 13.8. The standard InChI is InChI=1S/C21H35N3O7/c1-21(2,3)30-20(29)23-15-9-4-6-10-16(25)22-14-8-5-7-11-19(28)31-24-17(26)12-13-18(24)27/h4-15H2,1-3H3,(H,22,25)(H,23,29). The summed E-state index contributed by atoms with van der Waals surface area (Å²) in [4.78, 5) is 62.4. The van der Waals surface area contributed by atoms with E-state index in [4.69, 9.17) is 9.57 Å². The molecule has 1 aliphatic heterocycles. The highest BCUT2D eigenvalue weighted by Crippen LogP contribution is 2.13.